The molecule has 0 atom stereocenters. The zero-order valence-electron chi connectivity index (χ0n) is 9.19. The normalized spacial score (nSPS) is 14.6. The molecular weight excluding hydrogens is 288 g/mol. The van der Waals surface area contributed by atoms with E-state index in [0.29, 0.717) is 16.1 Å². The van der Waals surface area contributed by atoms with E-state index >= 15 is 0 Å². The predicted octanol–water partition coefficient (Wildman–Crippen LogP) is 2.91. The maximum atomic E-state index is 10.7. The van der Waals surface area contributed by atoms with Crippen molar-refractivity contribution in [2.45, 2.75) is 12.8 Å². The molecule has 1 aromatic rings. The van der Waals surface area contributed by atoms with Crippen LogP contribution >= 0.6 is 15.9 Å². The lowest BCUT2D eigenvalue weighted by Crippen LogP contribution is -2.06. The van der Waals surface area contributed by atoms with Crippen LogP contribution in [0, 0.1) is 5.92 Å². The average molecular weight is 301 g/mol. The molecule has 1 saturated carbocycles. The van der Waals surface area contributed by atoms with Gasteiger partial charge in [0.25, 0.3) is 0 Å². The molecule has 1 fully saturated rings. The monoisotopic (exact) mass is 300 g/mol. The van der Waals surface area contributed by atoms with Crippen molar-refractivity contribution in [2.75, 3.05) is 13.4 Å². The van der Waals surface area contributed by atoms with E-state index in [1.807, 2.05) is 0 Å². The van der Waals surface area contributed by atoms with E-state index < -0.39 is 5.97 Å². The minimum absolute atomic E-state index is 0.196. The predicted molar refractivity (Wildman–Crippen MR) is 65.3 cm³/mol. The Bertz CT molecular complexity index is 415. The number of carboxylic acid groups (broad SMARTS) is 1. The van der Waals surface area contributed by atoms with Crippen molar-refractivity contribution < 1.29 is 19.4 Å². The molecule has 5 heteroatoms. The SMILES string of the molecule is O=C(O)c1ccc(OCOCC2CC2)c(Br)c1. The first-order valence-corrected chi connectivity index (χ1v) is 6.19. The van der Waals surface area contributed by atoms with Gasteiger partial charge < -0.3 is 14.6 Å². The van der Waals surface area contributed by atoms with Crippen LogP contribution in [0.2, 0.25) is 0 Å². The Hall–Kier alpha value is -1.07. The van der Waals surface area contributed by atoms with E-state index in [9.17, 15) is 4.79 Å². The fourth-order valence-electron chi connectivity index (χ4n) is 1.36. The third-order valence-corrected chi connectivity index (χ3v) is 3.15. The van der Waals surface area contributed by atoms with E-state index in [4.69, 9.17) is 14.6 Å². The number of rotatable bonds is 6. The molecule has 0 radical (unpaired) electrons. The van der Waals surface area contributed by atoms with E-state index in [1.54, 1.807) is 6.07 Å². The zero-order valence-corrected chi connectivity index (χ0v) is 10.8. The Labute approximate surface area is 108 Å². The number of hydrogen-bond donors (Lipinski definition) is 1. The summed E-state index contributed by atoms with van der Waals surface area (Å²) in [6, 6.07) is 4.63. The standard InChI is InChI=1S/C12H13BrO4/c13-10-5-9(12(14)15)3-4-11(10)17-7-16-6-8-1-2-8/h3-5,8H,1-2,6-7H2,(H,14,15). The molecule has 92 valence electrons. The van der Waals surface area contributed by atoms with Crippen molar-refractivity contribution in [1.82, 2.24) is 0 Å². The number of aromatic carboxylic acids is 1. The van der Waals surface area contributed by atoms with Crippen LogP contribution in [-0.2, 0) is 4.74 Å². The van der Waals surface area contributed by atoms with Gasteiger partial charge in [0, 0.05) is 0 Å². The number of carboxylic acids is 1. The summed E-state index contributed by atoms with van der Waals surface area (Å²) in [6.45, 7) is 0.937. The second-order valence-corrected chi connectivity index (χ2v) is 4.88. The number of carbonyl (C=O) groups is 1. The molecule has 1 aliphatic carbocycles. The highest BCUT2D eigenvalue weighted by molar-refractivity contribution is 9.10. The van der Waals surface area contributed by atoms with Gasteiger partial charge >= 0.3 is 5.97 Å². The van der Waals surface area contributed by atoms with Gasteiger partial charge in [0.2, 0.25) is 0 Å². The van der Waals surface area contributed by atoms with Gasteiger partial charge in [-0.3, -0.25) is 0 Å². The highest BCUT2D eigenvalue weighted by Gasteiger charge is 2.21. The molecule has 4 nitrogen and oxygen atoms in total. The highest BCUT2D eigenvalue weighted by atomic mass is 79.9. The molecule has 1 N–H and O–H groups in total. The smallest absolute Gasteiger partial charge is 0.335 e. The van der Waals surface area contributed by atoms with Crippen molar-refractivity contribution in [3.63, 3.8) is 0 Å². The fraction of sp³-hybridized carbons (Fsp3) is 0.417. The van der Waals surface area contributed by atoms with Gasteiger partial charge in [0.1, 0.15) is 5.75 Å². The van der Waals surface area contributed by atoms with Gasteiger partial charge in [-0.05, 0) is 52.9 Å². The quantitative estimate of drug-likeness (QED) is 0.648. The highest BCUT2D eigenvalue weighted by Crippen LogP contribution is 2.29. The first-order valence-electron chi connectivity index (χ1n) is 5.40. The zero-order chi connectivity index (χ0) is 12.3. The summed E-state index contributed by atoms with van der Waals surface area (Å²) >= 11 is 3.26. The Kier molecular flexibility index (Phi) is 4.02. The Morgan fingerprint density at radius 2 is 2.24 bits per heavy atom. The lowest BCUT2D eigenvalue weighted by Gasteiger charge is -2.09. The Morgan fingerprint density at radius 1 is 1.47 bits per heavy atom. The second kappa shape index (κ2) is 5.51. The molecule has 0 heterocycles. The summed E-state index contributed by atoms with van der Waals surface area (Å²) in [5.74, 6) is 0.337. The molecule has 0 spiro atoms. The van der Waals surface area contributed by atoms with Crippen LogP contribution in [0.3, 0.4) is 0 Å². The van der Waals surface area contributed by atoms with Gasteiger partial charge in [-0.2, -0.15) is 0 Å². The first-order chi connectivity index (χ1) is 8.16. The molecule has 0 aliphatic heterocycles. The van der Waals surface area contributed by atoms with Crippen LogP contribution in [0.5, 0.6) is 5.75 Å². The van der Waals surface area contributed by atoms with Gasteiger partial charge in [-0.25, -0.2) is 4.79 Å². The summed E-state index contributed by atoms with van der Waals surface area (Å²) in [4.78, 5) is 10.7. The minimum atomic E-state index is -0.956. The van der Waals surface area contributed by atoms with Gasteiger partial charge in [-0.1, -0.05) is 0 Å². The first kappa shape index (κ1) is 12.4. The summed E-state index contributed by atoms with van der Waals surface area (Å²) in [5, 5.41) is 8.80. The van der Waals surface area contributed by atoms with Crippen LogP contribution in [-0.4, -0.2) is 24.5 Å². The van der Waals surface area contributed by atoms with Crippen LogP contribution in [0.25, 0.3) is 0 Å². The molecule has 0 saturated heterocycles. The molecular formula is C12H13BrO4. The Morgan fingerprint density at radius 3 is 2.82 bits per heavy atom. The minimum Gasteiger partial charge on any atom is -0.478 e. The molecule has 17 heavy (non-hydrogen) atoms. The molecule has 0 aromatic heterocycles. The van der Waals surface area contributed by atoms with Crippen LogP contribution in [0.1, 0.15) is 23.2 Å². The van der Waals surface area contributed by atoms with E-state index in [-0.39, 0.29) is 12.4 Å². The lowest BCUT2D eigenvalue weighted by molar-refractivity contribution is 0.00956. The van der Waals surface area contributed by atoms with Crippen molar-refractivity contribution in [3.8, 4) is 5.75 Å². The van der Waals surface area contributed by atoms with Crippen molar-refractivity contribution >= 4 is 21.9 Å². The number of halogens is 1. The van der Waals surface area contributed by atoms with Crippen molar-refractivity contribution in [1.29, 1.82) is 0 Å². The maximum absolute atomic E-state index is 10.7. The maximum Gasteiger partial charge on any atom is 0.335 e. The van der Waals surface area contributed by atoms with Crippen molar-refractivity contribution in [2.24, 2.45) is 5.92 Å². The van der Waals surface area contributed by atoms with E-state index in [1.165, 1.54) is 25.0 Å². The average Bonchev–Trinajstić information content (AvgIpc) is 3.09. The van der Waals surface area contributed by atoms with Gasteiger partial charge in [0.05, 0.1) is 16.6 Å². The van der Waals surface area contributed by atoms with Crippen LogP contribution in [0.15, 0.2) is 22.7 Å². The van der Waals surface area contributed by atoms with E-state index in [0.717, 1.165) is 6.61 Å². The van der Waals surface area contributed by atoms with E-state index in [2.05, 4.69) is 15.9 Å². The number of ether oxygens (including phenoxy) is 2. The lowest BCUT2D eigenvalue weighted by atomic mass is 10.2. The molecule has 2 rings (SSSR count). The molecule has 1 aromatic carbocycles. The van der Waals surface area contributed by atoms with Gasteiger partial charge in [-0.15, -0.1) is 0 Å². The Balaban J connectivity index is 1.84. The van der Waals surface area contributed by atoms with Crippen molar-refractivity contribution in [3.05, 3.63) is 28.2 Å². The largest absolute Gasteiger partial charge is 0.478 e. The van der Waals surface area contributed by atoms with Crippen LogP contribution < -0.4 is 4.74 Å². The third kappa shape index (κ3) is 3.71. The number of hydrogen-bond acceptors (Lipinski definition) is 3. The molecule has 0 bridgehead atoms. The summed E-state index contributed by atoms with van der Waals surface area (Å²) in [6.07, 6.45) is 2.49. The number of benzene rings is 1. The van der Waals surface area contributed by atoms with Crippen LogP contribution in [0.4, 0.5) is 0 Å². The molecule has 0 amide bonds. The summed E-state index contributed by atoms with van der Waals surface area (Å²) in [5.41, 5.74) is 0.225. The second-order valence-electron chi connectivity index (χ2n) is 4.03. The molecule has 1 aliphatic rings. The van der Waals surface area contributed by atoms with Gasteiger partial charge in [0.15, 0.2) is 6.79 Å². The third-order valence-electron chi connectivity index (χ3n) is 2.53. The summed E-state index contributed by atoms with van der Waals surface area (Å²) < 4.78 is 11.3. The molecule has 0 unspecified atom stereocenters. The fourth-order valence-corrected chi connectivity index (χ4v) is 1.85. The summed E-state index contributed by atoms with van der Waals surface area (Å²) in [7, 11) is 0. The topological polar surface area (TPSA) is 55.8 Å².